The van der Waals surface area contributed by atoms with Gasteiger partial charge in [0.1, 0.15) is 22.7 Å². The van der Waals surface area contributed by atoms with Crippen LogP contribution in [0.3, 0.4) is 0 Å². The first kappa shape index (κ1) is 19.2. The number of carbonyl (C=O) groups excluding carboxylic acids is 1. The Morgan fingerprint density at radius 3 is 3.13 bits per heavy atom. The van der Waals surface area contributed by atoms with E-state index in [9.17, 15) is 9.18 Å². The molecule has 1 amide bonds. The molecular formula is C22H20FN7O. The number of carbonyl (C=O) groups is 1. The monoisotopic (exact) mass is 417 g/mol. The molecule has 0 bridgehead atoms. The molecule has 1 fully saturated rings. The zero-order valence-corrected chi connectivity index (χ0v) is 16.9. The molecule has 2 N–H and O–H groups in total. The van der Waals surface area contributed by atoms with Gasteiger partial charge in [-0.1, -0.05) is 0 Å². The Morgan fingerprint density at radius 2 is 2.29 bits per heavy atom. The summed E-state index contributed by atoms with van der Waals surface area (Å²) >= 11 is 0. The van der Waals surface area contributed by atoms with Gasteiger partial charge in [-0.2, -0.15) is 10.4 Å². The quantitative estimate of drug-likeness (QED) is 0.528. The molecule has 31 heavy (non-hydrogen) atoms. The van der Waals surface area contributed by atoms with E-state index in [0.29, 0.717) is 46.0 Å². The van der Waals surface area contributed by atoms with Gasteiger partial charge in [-0.3, -0.25) is 9.48 Å². The number of benzene rings is 1. The standard InChI is InChI=1S/C22H20FN7O/c1-30-18-9-13(23)3-5-15(18)19(29-30)17-11-26-21-20(28-17)16(10-25-21)22(31)27-14-4-2-12(8-14)6-7-24/h3,5,9-12,14H,2,4,6,8H2,1H3,(H,25,26)(H,27,31)/t12-,14?/m0/s1. The van der Waals surface area contributed by atoms with Crippen LogP contribution in [0.4, 0.5) is 4.39 Å². The summed E-state index contributed by atoms with van der Waals surface area (Å²) in [4.78, 5) is 25.0. The van der Waals surface area contributed by atoms with E-state index in [1.807, 2.05) is 0 Å². The van der Waals surface area contributed by atoms with Crippen LogP contribution in [0.2, 0.25) is 0 Å². The van der Waals surface area contributed by atoms with Crippen molar-refractivity contribution >= 4 is 28.0 Å². The van der Waals surface area contributed by atoms with Crippen molar-refractivity contribution in [2.45, 2.75) is 31.7 Å². The average Bonchev–Trinajstić information content (AvgIpc) is 3.45. The number of H-pyrrole nitrogens is 1. The predicted molar refractivity (Wildman–Crippen MR) is 112 cm³/mol. The van der Waals surface area contributed by atoms with Crippen molar-refractivity contribution in [3.05, 3.63) is 42.0 Å². The van der Waals surface area contributed by atoms with Gasteiger partial charge in [-0.25, -0.2) is 14.4 Å². The number of aromatic amines is 1. The lowest BCUT2D eigenvalue weighted by molar-refractivity contribution is 0.0938. The van der Waals surface area contributed by atoms with Gasteiger partial charge in [0.25, 0.3) is 5.91 Å². The van der Waals surface area contributed by atoms with E-state index in [1.54, 1.807) is 30.2 Å². The topological polar surface area (TPSA) is 112 Å². The molecule has 8 nitrogen and oxygen atoms in total. The SMILES string of the molecule is Cn1nc(-c2cnc3[nH]cc(C(=O)NC4CC[C@@H](CC#N)C4)c3n2)c2ccc(F)cc21. The molecule has 1 aliphatic carbocycles. The number of aryl methyl sites for hydroxylation is 1. The molecule has 0 saturated heterocycles. The maximum Gasteiger partial charge on any atom is 0.255 e. The first-order chi connectivity index (χ1) is 15.0. The van der Waals surface area contributed by atoms with Gasteiger partial charge < -0.3 is 10.3 Å². The number of amides is 1. The molecule has 9 heteroatoms. The van der Waals surface area contributed by atoms with E-state index < -0.39 is 0 Å². The van der Waals surface area contributed by atoms with E-state index in [4.69, 9.17) is 5.26 Å². The first-order valence-electron chi connectivity index (χ1n) is 10.2. The lowest BCUT2D eigenvalue weighted by Gasteiger charge is -2.12. The van der Waals surface area contributed by atoms with Gasteiger partial charge in [0.2, 0.25) is 0 Å². The fraction of sp³-hybridized carbons (Fsp3) is 0.318. The molecule has 0 spiro atoms. The highest BCUT2D eigenvalue weighted by Crippen LogP contribution is 2.30. The third kappa shape index (κ3) is 3.40. The van der Waals surface area contributed by atoms with Gasteiger partial charge in [-0.15, -0.1) is 0 Å². The summed E-state index contributed by atoms with van der Waals surface area (Å²) in [7, 11) is 1.74. The molecule has 3 aromatic heterocycles. The number of hydrogen-bond acceptors (Lipinski definition) is 5. The lowest BCUT2D eigenvalue weighted by atomic mass is 10.1. The molecule has 5 rings (SSSR count). The number of nitrogens with zero attached hydrogens (tertiary/aromatic N) is 5. The van der Waals surface area contributed by atoms with E-state index in [-0.39, 0.29) is 17.8 Å². The fourth-order valence-electron chi connectivity index (χ4n) is 4.38. The zero-order valence-electron chi connectivity index (χ0n) is 16.9. The molecule has 1 saturated carbocycles. The Labute approximate surface area is 177 Å². The van der Waals surface area contributed by atoms with Crippen LogP contribution in [-0.4, -0.2) is 36.7 Å². The Balaban J connectivity index is 1.47. The Kier molecular flexibility index (Phi) is 4.62. The zero-order chi connectivity index (χ0) is 21.5. The first-order valence-corrected chi connectivity index (χ1v) is 10.2. The molecule has 1 aromatic carbocycles. The Morgan fingerprint density at radius 1 is 1.42 bits per heavy atom. The van der Waals surface area contributed by atoms with E-state index in [1.165, 1.54) is 12.1 Å². The molecule has 0 aliphatic heterocycles. The second kappa shape index (κ2) is 7.47. The van der Waals surface area contributed by atoms with Crippen molar-refractivity contribution in [1.82, 2.24) is 30.0 Å². The van der Waals surface area contributed by atoms with E-state index in [0.717, 1.165) is 24.6 Å². The summed E-state index contributed by atoms with van der Waals surface area (Å²) in [5, 5.41) is 17.2. The van der Waals surface area contributed by atoms with Crippen LogP contribution in [0.1, 0.15) is 36.0 Å². The summed E-state index contributed by atoms with van der Waals surface area (Å²) in [5.41, 5.74) is 3.12. The fourth-order valence-corrected chi connectivity index (χ4v) is 4.38. The summed E-state index contributed by atoms with van der Waals surface area (Å²) in [6, 6.07) is 6.74. The highest BCUT2D eigenvalue weighted by Gasteiger charge is 2.27. The van der Waals surface area contributed by atoms with Gasteiger partial charge >= 0.3 is 0 Å². The normalized spacial score (nSPS) is 18.5. The molecule has 2 atom stereocenters. The van der Waals surface area contributed by atoms with Crippen molar-refractivity contribution in [1.29, 1.82) is 5.26 Å². The van der Waals surface area contributed by atoms with Crippen molar-refractivity contribution < 1.29 is 9.18 Å². The number of fused-ring (bicyclic) bond motifs is 2. The molecule has 4 aromatic rings. The van der Waals surface area contributed by atoms with Crippen LogP contribution >= 0.6 is 0 Å². The molecule has 0 radical (unpaired) electrons. The maximum absolute atomic E-state index is 13.6. The minimum Gasteiger partial charge on any atom is -0.349 e. The smallest absolute Gasteiger partial charge is 0.255 e. The summed E-state index contributed by atoms with van der Waals surface area (Å²) in [5.74, 6) is -0.211. The number of aromatic nitrogens is 5. The second-order valence-electron chi connectivity index (χ2n) is 8.00. The highest BCUT2D eigenvalue weighted by atomic mass is 19.1. The molecule has 3 heterocycles. The van der Waals surface area contributed by atoms with Crippen molar-refractivity contribution in [3.63, 3.8) is 0 Å². The minimum absolute atomic E-state index is 0.0570. The van der Waals surface area contributed by atoms with Crippen molar-refractivity contribution in [2.24, 2.45) is 13.0 Å². The average molecular weight is 417 g/mol. The van der Waals surface area contributed by atoms with Crippen LogP contribution in [0.25, 0.3) is 33.5 Å². The van der Waals surface area contributed by atoms with Crippen LogP contribution in [0.15, 0.2) is 30.6 Å². The van der Waals surface area contributed by atoms with Crippen LogP contribution in [0, 0.1) is 23.1 Å². The van der Waals surface area contributed by atoms with E-state index >= 15 is 0 Å². The predicted octanol–water partition coefficient (Wildman–Crippen LogP) is 3.46. The Bertz CT molecular complexity index is 1350. The van der Waals surface area contributed by atoms with Gasteiger partial charge in [0.05, 0.1) is 23.3 Å². The minimum atomic E-state index is -0.336. The molecular weight excluding hydrogens is 397 g/mol. The Hall–Kier alpha value is -3.80. The third-order valence-corrected chi connectivity index (χ3v) is 5.94. The summed E-state index contributed by atoms with van der Waals surface area (Å²) in [6.07, 6.45) is 6.36. The van der Waals surface area contributed by atoms with Crippen LogP contribution in [-0.2, 0) is 7.05 Å². The lowest BCUT2D eigenvalue weighted by Crippen LogP contribution is -2.32. The number of halogens is 1. The number of nitrogens with one attached hydrogen (secondary N) is 2. The van der Waals surface area contributed by atoms with Crippen LogP contribution in [0.5, 0.6) is 0 Å². The van der Waals surface area contributed by atoms with E-state index in [2.05, 4.69) is 31.4 Å². The number of nitriles is 1. The third-order valence-electron chi connectivity index (χ3n) is 5.94. The largest absolute Gasteiger partial charge is 0.349 e. The van der Waals surface area contributed by atoms with Gasteiger partial charge in [-0.05, 0) is 43.4 Å². The van der Waals surface area contributed by atoms with Crippen LogP contribution < -0.4 is 5.32 Å². The highest BCUT2D eigenvalue weighted by molar-refractivity contribution is 6.05. The molecule has 156 valence electrons. The second-order valence-corrected chi connectivity index (χ2v) is 8.00. The maximum atomic E-state index is 13.6. The van der Waals surface area contributed by atoms with Gasteiger partial charge in [0, 0.05) is 31.1 Å². The van der Waals surface area contributed by atoms with Crippen molar-refractivity contribution in [3.8, 4) is 17.5 Å². The molecule has 1 unspecified atom stereocenters. The summed E-state index contributed by atoms with van der Waals surface area (Å²) in [6.45, 7) is 0. The number of hydrogen-bond donors (Lipinski definition) is 2. The number of rotatable bonds is 4. The van der Waals surface area contributed by atoms with Crippen molar-refractivity contribution in [2.75, 3.05) is 0 Å². The molecule has 1 aliphatic rings. The van der Waals surface area contributed by atoms with Gasteiger partial charge in [0.15, 0.2) is 5.65 Å². The summed E-state index contributed by atoms with van der Waals surface area (Å²) < 4.78 is 15.2.